The highest BCUT2D eigenvalue weighted by Crippen LogP contribution is 2.38. The Morgan fingerprint density at radius 2 is 1.88 bits per heavy atom. The van der Waals surface area contributed by atoms with Gasteiger partial charge in [0.05, 0.1) is 20.5 Å². The number of amides is 2. The monoisotopic (exact) mass is 581 g/mol. The summed E-state index contributed by atoms with van der Waals surface area (Å²) in [5, 5.41) is -0.502. The van der Waals surface area contributed by atoms with Gasteiger partial charge in [0, 0.05) is 0 Å². The molecule has 2 aromatic rings. The van der Waals surface area contributed by atoms with Gasteiger partial charge in [-0.05, 0) is 93.7 Å². The molecule has 1 saturated heterocycles. The van der Waals surface area contributed by atoms with Crippen LogP contribution in [0.15, 0.2) is 50.2 Å². The van der Waals surface area contributed by atoms with Crippen molar-refractivity contribution in [1.29, 1.82) is 0 Å². The van der Waals surface area contributed by atoms with E-state index in [0.29, 0.717) is 26.9 Å². The minimum atomic E-state index is -0.982. The first kappa shape index (κ1) is 24.5. The van der Waals surface area contributed by atoms with E-state index in [1.807, 2.05) is 25.1 Å². The zero-order valence-electron chi connectivity index (χ0n) is 17.7. The Bertz CT molecular complexity index is 1080. The summed E-state index contributed by atoms with van der Waals surface area (Å²) in [5.41, 5.74) is 2.91. The standard InChI is InChI=1S/C23H21Br2NO5S/c1-4-30-22(28)14(3)26-21(27)19(32-23(26)29)11-16-9-17(24)20(18(25)10-16)31-12-15-7-5-6-13(2)8-15/h5-11,14H,4,12H2,1-3H3/b19-11+/t14-/m1/s1. The largest absolute Gasteiger partial charge is 0.487 e. The molecule has 1 heterocycles. The molecule has 2 aromatic carbocycles. The summed E-state index contributed by atoms with van der Waals surface area (Å²) in [7, 11) is 0. The number of carbonyl (C=O) groups excluding carboxylic acids is 3. The molecule has 3 rings (SSSR count). The molecule has 0 radical (unpaired) electrons. The predicted molar refractivity (Wildman–Crippen MR) is 131 cm³/mol. The van der Waals surface area contributed by atoms with Crippen molar-refractivity contribution in [2.24, 2.45) is 0 Å². The minimum Gasteiger partial charge on any atom is -0.487 e. The summed E-state index contributed by atoms with van der Waals surface area (Å²) in [6.07, 6.45) is 1.61. The van der Waals surface area contributed by atoms with E-state index < -0.39 is 23.2 Å². The highest BCUT2D eigenvalue weighted by Gasteiger charge is 2.41. The van der Waals surface area contributed by atoms with Crippen LogP contribution in [-0.4, -0.2) is 34.7 Å². The normalized spacial score (nSPS) is 15.9. The van der Waals surface area contributed by atoms with Crippen LogP contribution in [0.2, 0.25) is 0 Å². The van der Waals surface area contributed by atoms with Gasteiger partial charge in [0.25, 0.3) is 11.1 Å². The molecule has 1 aliphatic heterocycles. The third-order valence-electron chi connectivity index (χ3n) is 4.62. The van der Waals surface area contributed by atoms with E-state index in [1.165, 1.54) is 6.92 Å². The molecule has 6 nitrogen and oxygen atoms in total. The predicted octanol–water partition coefficient (Wildman–Crippen LogP) is 6.09. The van der Waals surface area contributed by atoms with Gasteiger partial charge in [-0.1, -0.05) is 29.8 Å². The molecule has 0 aliphatic carbocycles. The van der Waals surface area contributed by atoms with E-state index >= 15 is 0 Å². The molecule has 1 aliphatic rings. The third kappa shape index (κ3) is 5.63. The van der Waals surface area contributed by atoms with Gasteiger partial charge in [0.1, 0.15) is 18.4 Å². The van der Waals surface area contributed by atoms with Crippen LogP contribution in [0.4, 0.5) is 4.79 Å². The average molecular weight is 583 g/mol. The van der Waals surface area contributed by atoms with Gasteiger partial charge in [0.15, 0.2) is 0 Å². The lowest BCUT2D eigenvalue weighted by Crippen LogP contribution is -2.42. The minimum absolute atomic E-state index is 0.176. The van der Waals surface area contributed by atoms with Crippen LogP contribution in [0.5, 0.6) is 5.75 Å². The average Bonchev–Trinajstić information content (AvgIpc) is 3.00. The van der Waals surface area contributed by atoms with Crippen LogP contribution >= 0.6 is 43.6 Å². The smallest absolute Gasteiger partial charge is 0.329 e. The van der Waals surface area contributed by atoms with Crippen LogP contribution in [0.25, 0.3) is 6.08 Å². The molecule has 2 amide bonds. The molecule has 0 N–H and O–H groups in total. The molecular weight excluding hydrogens is 562 g/mol. The van der Waals surface area contributed by atoms with Crippen molar-refractivity contribution < 1.29 is 23.9 Å². The van der Waals surface area contributed by atoms with Gasteiger partial charge in [-0.25, -0.2) is 4.79 Å². The van der Waals surface area contributed by atoms with Gasteiger partial charge in [-0.15, -0.1) is 0 Å². The summed E-state index contributed by atoms with van der Waals surface area (Å²) < 4.78 is 12.3. The van der Waals surface area contributed by atoms with E-state index in [0.717, 1.165) is 27.8 Å². The third-order valence-corrected chi connectivity index (χ3v) is 6.68. The summed E-state index contributed by atoms with van der Waals surface area (Å²) >= 11 is 7.83. The fraction of sp³-hybridized carbons (Fsp3) is 0.261. The van der Waals surface area contributed by atoms with Crippen LogP contribution in [-0.2, 0) is 20.9 Å². The second-order valence-corrected chi connectivity index (χ2v) is 9.77. The number of halogens is 2. The van der Waals surface area contributed by atoms with Crippen molar-refractivity contribution >= 4 is 66.8 Å². The van der Waals surface area contributed by atoms with Crippen molar-refractivity contribution in [2.45, 2.75) is 33.4 Å². The number of imide groups is 1. The number of nitrogens with zero attached hydrogens (tertiary/aromatic N) is 1. The van der Waals surface area contributed by atoms with E-state index in [-0.39, 0.29) is 11.5 Å². The lowest BCUT2D eigenvalue weighted by molar-refractivity contribution is -0.150. The number of thioether (sulfide) groups is 1. The molecule has 32 heavy (non-hydrogen) atoms. The molecule has 0 unspecified atom stereocenters. The Morgan fingerprint density at radius 1 is 1.19 bits per heavy atom. The molecule has 0 bridgehead atoms. The van der Waals surface area contributed by atoms with Crippen LogP contribution in [0, 0.1) is 6.92 Å². The van der Waals surface area contributed by atoms with Crippen molar-refractivity contribution in [2.75, 3.05) is 6.61 Å². The summed E-state index contributed by atoms with van der Waals surface area (Å²) in [6, 6.07) is 10.7. The van der Waals surface area contributed by atoms with Gasteiger partial charge in [0.2, 0.25) is 0 Å². The van der Waals surface area contributed by atoms with Gasteiger partial charge >= 0.3 is 5.97 Å². The zero-order chi connectivity index (χ0) is 23.4. The molecular formula is C23H21Br2NO5S. The maximum Gasteiger partial charge on any atom is 0.329 e. The molecule has 9 heteroatoms. The molecule has 1 fully saturated rings. The number of ether oxygens (including phenoxy) is 2. The van der Waals surface area contributed by atoms with Gasteiger partial charge in [-0.2, -0.15) is 0 Å². The highest BCUT2D eigenvalue weighted by molar-refractivity contribution is 9.11. The molecule has 168 valence electrons. The maximum atomic E-state index is 12.8. The quantitative estimate of drug-likeness (QED) is 0.291. The van der Waals surface area contributed by atoms with E-state index in [2.05, 4.69) is 37.9 Å². The number of aryl methyl sites for hydroxylation is 1. The SMILES string of the molecule is CCOC(=O)[C@@H](C)N1C(=O)S/C(=C/c2cc(Br)c(OCc3cccc(C)c3)c(Br)c2)C1=O. The Balaban J connectivity index is 1.78. The lowest BCUT2D eigenvalue weighted by Gasteiger charge is -2.19. The molecule has 0 spiro atoms. The van der Waals surface area contributed by atoms with Crippen LogP contribution in [0.1, 0.15) is 30.5 Å². The van der Waals surface area contributed by atoms with Gasteiger partial charge in [-0.3, -0.25) is 14.5 Å². The summed E-state index contributed by atoms with van der Waals surface area (Å²) in [4.78, 5) is 38.2. The first-order chi connectivity index (χ1) is 15.2. The Kier molecular flexibility index (Phi) is 8.19. The number of carbonyl (C=O) groups is 3. The van der Waals surface area contributed by atoms with Crippen molar-refractivity contribution in [3.8, 4) is 5.75 Å². The number of hydrogen-bond acceptors (Lipinski definition) is 6. The summed E-state index contributed by atoms with van der Waals surface area (Å²) in [5.74, 6) is -0.503. The molecule has 0 aromatic heterocycles. The van der Waals surface area contributed by atoms with Crippen LogP contribution < -0.4 is 4.74 Å². The number of rotatable bonds is 7. The van der Waals surface area contributed by atoms with Crippen LogP contribution in [0.3, 0.4) is 0 Å². The van der Waals surface area contributed by atoms with E-state index in [9.17, 15) is 14.4 Å². The Hall–Kier alpha value is -2.10. The van der Waals surface area contributed by atoms with Crippen molar-refractivity contribution in [1.82, 2.24) is 4.90 Å². The van der Waals surface area contributed by atoms with E-state index in [1.54, 1.807) is 25.1 Å². The Morgan fingerprint density at radius 3 is 2.50 bits per heavy atom. The fourth-order valence-corrected chi connectivity index (χ4v) is 5.45. The highest BCUT2D eigenvalue weighted by atomic mass is 79.9. The second-order valence-electron chi connectivity index (χ2n) is 7.07. The van der Waals surface area contributed by atoms with Crippen molar-refractivity contribution in [3.05, 3.63) is 66.9 Å². The number of hydrogen-bond donors (Lipinski definition) is 0. The van der Waals surface area contributed by atoms with E-state index in [4.69, 9.17) is 9.47 Å². The fourth-order valence-electron chi connectivity index (χ4n) is 3.09. The molecule has 1 atom stereocenters. The second kappa shape index (κ2) is 10.7. The topological polar surface area (TPSA) is 72.9 Å². The number of benzene rings is 2. The number of esters is 1. The first-order valence-corrected chi connectivity index (χ1v) is 12.2. The first-order valence-electron chi connectivity index (χ1n) is 9.82. The van der Waals surface area contributed by atoms with Gasteiger partial charge < -0.3 is 9.47 Å². The van der Waals surface area contributed by atoms with Crippen molar-refractivity contribution in [3.63, 3.8) is 0 Å². The summed E-state index contributed by atoms with van der Waals surface area (Å²) in [6.45, 7) is 5.75. The Labute approximate surface area is 207 Å². The zero-order valence-corrected chi connectivity index (χ0v) is 21.7. The molecule has 0 saturated carbocycles. The maximum absolute atomic E-state index is 12.8. The lowest BCUT2D eigenvalue weighted by atomic mass is 10.1.